The van der Waals surface area contributed by atoms with E-state index in [-0.39, 0.29) is 10.6 Å². The summed E-state index contributed by atoms with van der Waals surface area (Å²) in [5.41, 5.74) is 2.40. The Morgan fingerprint density at radius 2 is 1.95 bits per heavy atom. The molecule has 1 N–H and O–H groups in total. The van der Waals surface area contributed by atoms with E-state index < -0.39 is 0 Å². The Kier molecular flexibility index (Phi) is 5.11. The van der Waals surface area contributed by atoms with Crippen molar-refractivity contribution in [2.45, 2.75) is 26.9 Å². The van der Waals surface area contributed by atoms with Crippen LogP contribution < -0.4 is 5.32 Å². The molecule has 1 aromatic carbocycles. The minimum Gasteiger partial charge on any atom is -0.346 e. The molecule has 0 radical (unpaired) electrons. The second-order valence-electron chi connectivity index (χ2n) is 5.58. The van der Waals surface area contributed by atoms with Gasteiger partial charge >= 0.3 is 0 Å². The Labute approximate surface area is 124 Å². The maximum atomic E-state index is 10.6. The summed E-state index contributed by atoms with van der Waals surface area (Å²) in [4.78, 5) is 10.3. The molecule has 0 aliphatic heterocycles. The van der Waals surface area contributed by atoms with E-state index in [4.69, 9.17) is 0 Å². The zero-order valence-electron chi connectivity index (χ0n) is 12.5. The fourth-order valence-corrected chi connectivity index (χ4v) is 2.17. The molecule has 5 heteroatoms. The molecular weight excluding hydrogens is 266 g/mol. The Morgan fingerprint density at radius 3 is 2.57 bits per heavy atom. The van der Waals surface area contributed by atoms with Gasteiger partial charge in [-0.05, 0) is 30.2 Å². The molecule has 0 saturated heterocycles. The molecule has 1 aromatic heterocycles. The lowest BCUT2D eigenvalue weighted by molar-refractivity contribution is -0.384. The van der Waals surface area contributed by atoms with Gasteiger partial charge in [-0.1, -0.05) is 26.0 Å². The third kappa shape index (κ3) is 4.43. The van der Waals surface area contributed by atoms with E-state index in [9.17, 15) is 10.1 Å². The molecule has 0 saturated carbocycles. The van der Waals surface area contributed by atoms with Gasteiger partial charge in [-0.3, -0.25) is 10.1 Å². The highest BCUT2D eigenvalue weighted by Gasteiger charge is 2.06. The smallest absolute Gasteiger partial charge is 0.269 e. The molecule has 2 rings (SSSR count). The number of nitrogens with zero attached hydrogens (tertiary/aromatic N) is 2. The standard InChI is InChI=1S/C16H21N3O2/c1-13(2)10-17-11-16-4-3-9-18(16)12-14-5-7-15(8-6-14)19(20)21/h3-9,13,17H,10-12H2,1-2H3. The van der Waals surface area contributed by atoms with Crippen molar-refractivity contribution in [3.05, 3.63) is 64.0 Å². The molecule has 112 valence electrons. The van der Waals surface area contributed by atoms with Crippen molar-refractivity contribution in [3.63, 3.8) is 0 Å². The average molecular weight is 287 g/mol. The topological polar surface area (TPSA) is 60.1 Å². The number of hydrogen-bond acceptors (Lipinski definition) is 3. The molecule has 1 heterocycles. The number of nitro benzene ring substituents is 1. The van der Waals surface area contributed by atoms with Crippen molar-refractivity contribution >= 4 is 5.69 Å². The first-order valence-electron chi connectivity index (χ1n) is 7.14. The van der Waals surface area contributed by atoms with Crippen LogP contribution in [0.5, 0.6) is 0 Å². The van der Waals surface area contributed by atoms with Crippen LogP contribution in [-0.2, 0) is 13.1 Å². The van der Waals surface area contributed by atoms with Crippen LogP contribution in [0.4, 0.5) is 5.69 Å². The van der Waals surface area contributed by atoms with Crippen molar-refractivity contribution < 1.29 is 4.92 Å². The third-order valence-corrected chi connectivity index (χ3v) is 3.28. The number of nitrogens with one attached hydrogen (secondary N) is 1. The van der Waals surface area contributed by atoms with E-state index in [1.165, 1.54) is 5.69 Å². The van der Waals surface area contributed by atoms with Crippen LogP contribution in [0.2, 0.25) is 0 Å². The van der Waals surface area contributed by atoms with Gasteiger partial charge < -0.3 is 9.88 Å². The largest absolute Gasteiger partial charge is 0.346 e. The number of hydrogen-bond donors (Lipinski definition) is 1. The molecule has 0 aliphatic rings. The fraction of sp³-hybridized carbons (Fsp3) is 0.375. The van der Waals surface area contributed by atoms with Gasteiger partial charge in [0, 0.05) is 37.1 Å². The van der Waals surface area contributed by atoms with Crippen LogP contribution in [0, 0.1) is 16.0 Å². The van der Waals surface area contributed by atoms with E-state index >= 15 is 0 Å². The van der Waals surface area contributed by atoms with Crippen LogP contribution in [-0.4, -0.2) is 16.0 Å². The van der Waals surface area contributed by atoms with Gasteiger partial charge in [0.15, 0.2) is 0 Å². The van der Waals surface area contributed by atoms with Gasteiger partial charge in [0.25, 0.3) is 5.69 Å². The van der Waals surface area contributed by atoms with Crippen molar-refractivity contribution in [3.8, 4) is 0 Å². The van der Waals surface area contributed by atoms with E-state index in [1.807, 2.05) is 24.4 Å². The van der Waals surface area contributed by atoms with Gasteiger partial charge in [-0.15, -0.1) is 0 Å². The highest BCUT2D eigenvalue weighted by molar-refractivity contribution is 5.33. The maximum Gasteiger partial charge on any atom is 0.269 e. The van der Waals surface area contributed by atoms with Crippen molar-refractivity contribution in [1.29, 1.82) is 0 Å². The quantitative estimate of drug-likeness (QED) is 0.628. The lowest BCUT2D eigenvalue weighted by Gasteiger charge is -2.11. The fourth-order valence-electron chi connectivity index (χ4n) is 2.17. The van der Waals surface area contributed by atoms with Gasteiger partial charge in [-0.25, -0.2) is 0 Å². The molecule has 0 unspecified atom stereocenters. The number of benzene rings is 1. The van der Waals surface area contributed by atoms with Gasteiger partial charge in [-0.2, -0.15) is 0 Å². The van der Waals surface area contributed by atoms with Crippen LogP contribution in [0.25, 0.3) is 0 Å². The Hall–Kier alpha value is -2.14. The Morgan fingerprint density at radius 1 is 1.24 bits per heavy atom. The summed E-state index contributed by atoms with van der Waals surface area (Å²) in [6.07, 6.45) is 2.04. The molecule has 0 bridgehead atoms. The predicted molar refractivity (Wildman–Crippen MR) is 83.2 cm³/mol. The van der Waals surface area contributed by atoms with E-state index in [0.29, 0.717) is 5.92 Å². The molecule has 2 aromatic rings. The first kappa shape index (κ1) is 15.3. The lowest BCUT2D eigenvalue weighted by atomic mass is 10.2. The maximum absolute atomic E-state index is 10.6. The highest BCUT2D eigenvalue weighted by Crippen LogP contribution is 2.14. The predicted octanol–water partition coefficient (Wildman–Crippen LogP) is 3.19. The summed E-state index contributed by atoms with van der Waals surface area (Å²) >= 11 is 0. The van der Waals surface area contributed by atoms with E-state index in [1.54, 1.807) is 12.1 Å². The molecule has 0 spiro atoms. The van der Waals surface area contributed by atoms with Crippen LogP contribution in [0.1, 0.15) is 25.1 Å². The van der Waals surface area contributed by atoms with Gasteiger partial charge in [0.1, 0.15) is 0 Å². The molecule has 5 nitrogen and oxygen atoms in total. The second-order valence-corrected chi connectivity index (χ2v) is 5.58. The monoisotopic (exact) mass is 287 g/mol. The molecule has 0 aliphatic carbocycles. The summed E-state index contributed by atoms with van der Waals surface area (Å²) < 4.78 is 2.16. The van der Waals surface area contributed by atoms with Crippen molar-refractivity contribution in [2.24, 2.45) is 5.92 Å². The Bertz CT molecular complexity index is 588. The second kappa shape index (κ2) is 7.04. The molecule has 0 atom stereocenters. The number of rotatable bonds is 7. The Balaban J connectivity index is 1.99. The highest BCUT2D eigenvalue weighted by atomic mass is 16.6. The van der Waals surface area contributed by atoms with E-state index in [2.05, 4.69) is 29.8 Å². The molecule has 21 heavy (non-hydrogen) atoms. The zero-order valence-corrected chi connectivity index (χ0v) is 12.5. The zero-order chi connectivity index (χ0) is 15.2. The summed E-state index contributed by atoms with van der Waals surface area (Å²) in [7, 11) is 0. The van der Waals surface area contributed by atoms with Crippen LogP contribution in [0.3, 0.4) is 0 Å². The van der Waals surface area contributed by atoms with Crippen molar-refractivity contribution in [1.82, 2.24) is 9.88 Å². The SMILES string of the molecule is CC(C)CNCc1cccn1Cc1ccc([N+](=O)[O-])cc1. The first-order valence-corrected chi connectivity index (χ1v) is 7.14. The summed E-state index contributed by atoms with van der Waals surface area (Å²) in [6.45, 7) is 6.91. The molecular formula is C16H21N3O2. The summed E-state index contributed by atoms with van der Waals surface area (Å²) in [6, 6.07) is 10.8. The summed E-state index contributed by atoms with van der Waals surface area (Å²) in [5.74, 6) is 0.628. The lowest BCUT2D eigenvalue weighted by Crippen LogP contribution is -2.20. The number of non-ortho nitro benzene ring substituents is 1. The third-order valence-electron chi connectivity index (χ3n) is 3.28. The van der Waals surface area contributed by atoms with Crippen molar-refractivity contribution in [2.75, 3.05) is 6.54 Å². The number of aromatic nitrogens is 1. The number of nitro groups is 1. The van der Waals surface area contributed by atoms with Crippen LogP contribution in [0.15, 0.2) is 42.6 Å². The normalized spacial score (nSPS) is 11.0. The summed E-state index contributed by atoms with van der Waals surface area (Å²) in [5, 5.41) is 14.1. The molecule has 0 amide bonds. The first-order chi connectivity index (χ1) is 10.1. The minimum atomic E-state index is -0.374. The van der Waals surface area contributed by atoms with Gasteiger partial charge in [0.05, 0.1) is 4.92 Å². The average Bonchev–Trinajstić information content (AvgIpc) is 2.86. The van der Waals surface area contributed by atoms with E-state index in [0.717, 1.165) is 25.2 Å². The minimum absolute atomic E-state index is 0.130. The van der Waals surface area contributed by atoms with Crippen LogP contribution >= 0.6 is 0 Å². The molecule has 0 fully saturated rings. The van der Waals surface area contributed by atoms with Gasteiger partial charge in [0.2, 0.25) is 0 Å².